The highest BCUT2D eigenvalue weighted by Gasteiger charge is 2.11. The molecule has 0 bridgehead atoms. The van der Waals surface area contributed by atoms with Crippen LogP contribution in [0.2, 0.25) is 0 Å². The second kappa shape index (κ2) is 6.55. The normalized spacial score (nSPS) is 10.3. The molecule has 19 heavy (non-hydrogen) atoms. The summed E-state index contributed by atoms with van der Waals surface area (Å²) in [7, 11) is 0. The van der Waals surface area contributed by atoms with Gasteiger partial charge in [-0.2, -0.15) is 0 Å². The van der Waals surface area contributed by atoms with Gasteiger partial charge in [0.25, 0.3) is 5.91 Å². The minimum absolute atomic E-state index is 0.167. The summed E-state index contributed by atoms with van der Waals surface area (Å²) >= 11 is 12.6. The Balaban J connectivity index is 2.25. The van der Waals surface area contributed by atoms with Gasteiger partial charge in [-0.1, -0.05) is 18.2 Å². The van der Waals surface area contributed by atoms with Crippen LogP contribution in [-0.4, -0.2) is 5.91 Å². The van der Waals surface area contributed by atoms with E-state index in [4.69, 9.17) is 11.6 Å². The van der Waals surface area contributed by atoms with Crippen LogP contribution < -0.4 is 5.32 Å². The zero-order valence-corrected chi connectivity index (χ0v) is 13.7. The van der Waals surface area contributed by atoms with E-state index in [1.807, 2.05) is 30.3 Å². The molecule has 2 aromatic carbocycles. The van der Waals surface area contributed by atoms with Gasteiger partial charge < -0.3 is 5.32 Å². The molecule has 2 nitrogen and oxygen atoms in total. The van der Waals surface area contributed by atoms with Gasteiger partial charge in [-0.15, -0.1) is 11.6 Å². The topological polar surface area (TPSA) is 29.1 Å². The second-order valence-electron chi connectivity index (χ2n) is 3.88. The van der Waals surface area contributed by atoms with Gasteiger partial charge >= 0.3 is 0 Å². The van der Waals surface area contributed by atoms with Crippen LogP contribution in [0.3, 0.4) is 0 Å². The van der Waals surface area contributed by atoms with Crippen molar-refractivity contribution in [1.29, 1.82) is 0 Å². The van der Waals surface area contributed by atoms with Crippen molar-refractivity contribution >= 4 is 55.1 Å². The third-order valence-corrected chi connectivity index (χ3v) is 4.18. The molecule has 0 fully saturated rings. The van der Waals surface area contributed by atoms with Gasteiger partial charge in [0.15, 0.2) is 0 Å². The van der Waals surface area contributed by atoms with Crippen LogP contribution in [0.4, 0.5) is 5.69 Å². The van der Waals surface area contributed by atoms with Crippen LogP contribution in [-0.2, 0) is 5.88 Å². The summed E-state index contributed by atoms with van der Waals surface area (Å²) < 4.78 is 1.65. The fourth-order valence-electron chi connectivity index (χ4n) is 1.60. The fourth-order valence-corrected chi connectivity index (χ4v) is 2.96. The van der Waals surface area contributed by atoms with E-state index in [1.165, 1.54) is 0 Å². The van der Waals surface area contributed by atoms with E-state index in [9.17, 15) is 4.79 Å². The summed E-state index contributed by atoms with van der Waals surface area (Å²) in [6, 6.07) is 12.9. The zero-order chi connectivity index (χ0) is 13.8. The van der Waals surface area contributed by atoms with Crippen LogP contribution in [0.15, 0.2) is 51.4 Å². The van der Waals surface area contributed by atoms with Gasteiger partial charge in [0.05, 0.1) is 5.69 Å². The Labute approximate surface area is 133 Å². The number of nitrogens with one attached hydrogen (secondary N) is 1. The summed E-state index contributed by atoms with van der Waals surface area (Å²) in [5.74, 6) is 0.222. The quantitative estimate of drug-likeness (QED) is 0.701. The number of amides is 1. The molecular weight excluding hydrogens is 393 g/mol. The molecule has 2 aromatic rings. The van der Waals surface area contributed by atoms with Crippen molar-refractivity contribution in [2.75, 3.05) is 5.32 Å². The van der Waals surface area contributed by atoms with E-state index in [0.29, 0.717) is 17.1 Å². The zero-order valence-electron chi connectivity index (χ0n) is 9.79. The Kier molecular flexibility index (Phi) is 5.02. The SMILES string of the molecule is O=C(Nc1c(Br)cccc1Br)c1cccc(CCl)c1. The maximum atomic E-state index is 12.2. The number of benzene rings is 2. The molecule has 0 heterocycles. The lowest BCUT2D eigenvalue weighted by Crippen LogP contribution is -2.12. The maximum Gasteiger partial charge on any atom is 0.255 e. The first-order chi connectivity index (χ1) is 9.11. The molecule has 0 saturated heterocycles. The summed E-state index contributed by atoms with van der Waals surface area (Å²) in [6.45, 7) is 0. The Morgan fingerprint density at radius 1 is 1.11 bits per heavy atom. The van der Waals surface area contributed by atoms with E-state index in [2.05, 4.69) is 37.2 Å². The molecule has 1 N–H and O–H groups in total. The summed E-state index contributed by atoms with van der Waals surface area (Å²) in [5, 5.41) is 2.87. The van der Waals surface area contributed by atoms with E-state index >= 15 is 0 Å². The van der Waals surface area contributed by atoms with Crippen molar-refractivity contribution in [1.82, 2.24) is 0 Å². The number of halogens is 3. The van der Waals surface area contributed by atoms with Crippen molar-refractivity contribution in [3.05, 3.63) is 62.5 Å². The molecule has 98 valence electrons. The van der Waals surface area contributed by atoms with Gasteiger partial charge in [0.1, 0.15) is 0 Å². The number of carbonyl (C=O) groups is 1. The van der Waals surface area contributed by atoms with Gasteiger partial charge in [0, 0.05) is 20.4 Å². The van der Waals surface area contributed by atoms with Crippen LogP contribution >= 0.6 is 43.5 Å². The molecule has 1 amide bonds. The van der Waals surface area contributed by atoms with Gasteiger partial charge in [-0.3, -0.25) is 4.79 Å². The summed E-state index contributed by atoms with van der Waals surface area (Å²) in [6.07, 6.45) is 0. The molecule has 0 radical (unpaired) electrons. The average Bonchev–Trinajstić information content (AvgIpc) is 2.43. The van der Waals surface area contributed by atoms with Crippen LogP contribution in [0.1, 0.15) is 15.9 Å². The van der Waals surface area contributed by atoms with Crippen LogP contribution in [0.25, 0.3) is 0 Å². The highest BCUT2D eigenvalue weighted by Crippen LogP contribution is 2.30. The van der Waals surface area contributed by atoms with E-state index in [-0.39, 0.29) is 5.91 Å². The Morgan fingerprint density at radius 2 is 1.74 bits per heavy atom. The molecule has 0 saturated carbocycles. The highest BCUT2D eigenvalue weighted by atomic mass is 79.9. The summed E-state index contributed by atoms with van der Waals surface area (Å²) in [4.78, 5) is 12.2. The molecule has 0 aliphatic carbocycles. The van der Waals surface area contributed by atoms with Gasteiger partial charge in [-0.25, -0.2) is 0 Å². The first-order valence-electron chi connectivity index (χ1n) is 5.52. The highest BCUT2D eigenvalue weighted by molar-refractivity contribution is 9.11. The monoisotopic (exact) mass is 401 g/mol. The number of anilines is 1. The molecule has 5 heteroatoms. The predicted octanol–water partition coefficient (Wildman–Crippen LogP) is 5.20. The lowest BCUT2D eigenvalue weighted by Gasteiger charge is -2.10. The number of alkyl halides is 1. The number of carbonyl (C=O) groups excluding carboxylic acids is 1. The van der Waals surface area contributed by atoms with Crippen LogP contribution in [0.5, 0.6) is 0 Å². The third-order valence-electron chi connectivity index (χ3n) is 2.54. The largest absolute Gasteiger partial charge is 0.320 e. The average molecular weight is 404 g/mol. The molecule has 0 spiro atoms. The molecule has 2 rings (SSSR count). The van der Waals surface area contributed by atoms with Crippen molar-refractivity contribution in [2.45, 2.75) is 5.88 Å². The Hall–Kier alpha value is -0.840. The maximum absolute atomic E-state index is 12.2. The van der Waals surface area contributed by atoms with E-state index in [1.54, 1.807) is 12.1 Å². The number of hydrogen-bond acceptors (Lipinski definition) is 1. The van der Waals surface area contributed by atoms with E-state index < -0.39 is 0 Å². The molecule has 0 aliphatic rings. The molecule has 0 aliphatic heterocycles. The van der Waals surface area contributed by atoms with Crippen LogP contribution in [0, 0.1) is 0 Å². The summed E-state index contributed by atoms with van der Waals surface area (Å²) in [5.41, 5.74) is 2.21. The number of hydrogen-bond donors (Lipinski definition) is 1. The Bertz CT molecular complexity index is 596. The number of para-hydroxylation sites is 1. The lowest BCUT2D eigenvalue weighted by atomic mass is 10.1. The van der Waals surface area contributed by atoms with Gasteiger partial charge in [-0.05, 0) is 61.7 Å². The minimum Gasteiger partial charge on any atom is -0.320 e. The number of rotatable bonds is 3. The van der Waals surface area contributed by atoms with E-state index in [0.717, 1.165) is 14.5 Å². The molecular formula is C14H10Br2ClNO. The van der Waals surface area contributed by atoms with Crippen molar-refractivity contribution in [3.8, 4) is 0 Å². The third kappa shape index (κ3) is 3.59. The Morgan fingerprint density at radius 3 is 2.37 bits per heavy atom. The van der Waals surface area contributed by atoms with Crippen molar-refractivity contribution in [3.63, 3.8) is 0 Å². The predicted molar refractivity (Wildman–Crippen MR) is 85.8 cm³/mol. The van der Waals surface area contributed by atoms with Crippen molar-refractivity contribution < 1.29 is 4.79 Å². The smallest absolute Gasteiger partial charge is 0.255 e. The minimum atomic E-state index is -0.167. The first-order valence-corrected chi connectivity index (χ1v) is 7.64. The fraction of sp³-hybridized carbons (Fsp3) is 0.0714. The second-order valence-corrected chi connectivity index (χ2v) is 5.86. The molecule has 0 unspecified atom stereocenters. The molecule has 0 atom stereocenters. The standard InChI is InChI=1S/C14H10Br2ClNO/c15-11-5-2-6-12(16)13(11)18-14(19)10-4-1-3-9(7-10)8-17/h1-7H,8H2,(H,18,19). The van der Waals surface area contributed by atoms with Gasteiger partial charge in [0.2, 0.25) is 0 Å². The van der Waals surface area contributed by atoms with Crippen molar-refractivity contribution in [2.24, 2.45) is 0 Å². The first kappa shape index (κ1) is 14.6. The lowest BCUT2D eigenvalue weighted by molar-refractivity contribution is 0.102. The molecule has 0 aromatic heterocycles.